The monoisotopic (exact) mass is 289 g/mol. The fourth-order valence-corrected chi connectivity index (χ4v) is 3.49. The summed E-state index contributed by atoms with van der Waals surface area (Å²) in [4.78, 5) is 1.18. The van der Waals surface area contributed by atoms with Gasteiger partial charge in [0.15, 0.2) is 0 Å². The maximum Gasteiger partial charge on any atom is 0.123 e. The molecule has 0 saturated carbocycles. The second-order valence-electron chi connectivity index (χ2n) is 4.76. The third-order valence-corrected chi connectivity index (χ3v) is 4.53. The van der Waals surface area contributed by atoms with Gasteiger partial charge in [-0.15, -0.1) is 11.8 Å². The van der Waals surface area contributed by atoms with Gasteiger partial charge in [0.25, 0.3) is 0 Å². The third kappa shape index (κ3) is 2.78. The number of hydrogen-bond donors (Lipinski definition) is 1. The first kappa shape index (κ1) is 13.4. The summed E-state index contributed by atoms with van der Waals surface area (Å²) in [6.07, 6.45) is 6.42. The van der Waals surface area contributed by atoms with E-state index in [1.807, 2.05) is 18.5 Å². The summed E-state index contributed by atoms with van der Waals surface area (Å²) >= 11 is 1.79. The van der Waals surface area contributed by atoms with Crippen LogP contribution < -0.4 is 5.32 Å². The largest absolute Gasteiger partial charge is 0.306 e. The topological polar surface area (TPSA) is 29.9 Å². The minimum atomic E-state index is -0.169. The molecule has 0 radical (unpaired) electrons. The van der Waals surface area contributed by atoms with Crippen molar-refractivity contribution >= 4 is 18.0 Å². The van der Waals surface area contributed by atoms with Crippen LogP contribution in [0.5, 0.6) is 0 Å². The van der Waals surface area contributed by atoms with Gasteiger partial charge in [-0.2, -0.15) is 5.10 Å². The second-order valence-corrected chi connectivity index (χ2v) is 5.90. The van der Waals surface area contributed by atoms with Crippen molar-refractivity contribution in [2.24, 2.45) is 0 Å². The van der Waals surface area contributed by atoms with Gasteiger partial charge in [0, 0.05) is 35.4 Å². The third-order valence-electron chi connectivity index (χ3n) is 3.41. The molecule has 2 heterocycles. The second kappa shape index (κ2) is 5.81. The van der Waals surface area contributed by atoms with Crippen molar-refractivity contribution < 1.29 is 4.39 Å². The first-order valence-electron chi connectivity index (χ1n) is 6.57. The lowest BCUT2D eigenvalue weighted by Gasteiger charge is -2.26. The summed E-state index contributed by atoms with van der Waals surface area (Å²) in [7, 11) is 0. The number of rotatable bonds is 4. The number of thioether (sulfide) groups is 1. The van der Waals surface area contributed by atoms with Gasteiger partial charge in [-0.1, -0.05) is 6.58 Å². The van der Waals surface area contributed by atoms with Gasteiger partial charge in [-0.3, -0.25) is 0 Å². The smallest absolute Gasteiger partial charge is 0.123 e. The summed E-state index contributed by atoms with van der Waals surface area (Å²) in [5.41, 5.74) is 2.17. The molecule has 104 valence electrons. The molecule has 1 aliphatic rings. The van der Waals surface area contributed by atoms with Crippen LogP contribution in [0.15, 0.2) is 42.1 Å². The Hall–Kier alpha value is -1.59. The molecule has 1 unspecified atom stereocenters. The highest BCUT2D eigenvalue weighted by atomic mass is 32.2. The average molecular weight is 289 g/mol. The van der Waals surface area contributed by atoms with Gasteiger partial charge in [0.1, 0.15) is 5.82 Å². The molecule has 1 aliphatic heterocycles. The quantitative estimate of drug-likeness (QED) is 0.935. The van der Waals surface area contributed by atoms with Crippen LogP contribution in [-0.4, -0.2) is 15.5 Å². The minimum absolute atomic E-state index is 0.169. The Morgan fingerprint density at radius 3 is 3.25 bits per heavy atom. The van der Waals surface area contributed by atoms with Gasteiger partial charge in [-0.05, 0) is 35.9 Å². The fraction of sp³-hybridized carbons (Fsp3) is 0.267. The van der Waals surface area contributed by atoms with E-state index in [0.717, 1.165) is 29.8 Å². The van der Waals surface area contributed by atoms with Gasteiger partial charge in [-0.25, -0.2) is 9.07 Å². The highest BCUT2D eigenvalue weighted by molar-refractivity contribution is 7.99. The molecule has 2 aromatic rings. The predicted octanol–water partition coefficient (Wildman–Crippen LogP) is 3.45. The molecule has 1 aromatic carbocycles. The first-order valence-corrected chi connectivity index (χ1v) is 7.56. The van der Waals surface area contributed by atoms with E-state index in [4.69, 9.17) is 0 Å². The lowest BCUT2D eigenvalue weighted by Crippen LogP contribution is -2.24. The molecular formula is C15H16FN3S. The van der Waals surface area contributed by atoms with Crippen LogP contribution in [0.4, 0.5) is 4.39 Å². The molecule has 0 fully saturated rings. The standard InChI is InChI=1S/C15H16FN3S/c1-2-19-10-11(9-18-19)8-17-14-5-6-20-15-4-3-12(16)7-13(14)15/h2-4,7,9-10,14,17H,1,5-6,8H2. The molecule has 0 bridgehead atoms. The Morgan fingerprint density at radius 1 is 1.55 bits per heavy atom. The number of hydrogen-bond acceptors (Lipinski definition) is 3. The lowest BCUT2D eigenvalue weighted by molar-refractivity contribution is 0.504. The Balaban J connectivity index is 1.72. The van der Waals surface area contributed by atoms with Crippen LogP contribution in [-0.2, 0) is 6.54 Å². The van der Waals surface area contributed by atoms with Crippen molar-refractivity contribution in [3.63, 3.8) is 0 Å². The maximum atomic E-state index is 13.4. The van der Waals surface area contributed by atoms with Gasteiger partial charge in [0.05, 0.1) is 6.20 Å². The van der Waals surface area contributed by atoms with Crippen molar-refractivity contribution in [3.8, 4) is 0 Å². The average Bonchev–Trinajstić information content (AvgIpc) is 2.93. The van der Waals surface area contributed by atoms with Crippen LogP contribution in [0.3, 0.4) is 0 Å². The molecule has 0 saturated heterocycles. The van der Waals surface area contributed by atoms with E-state index in [2.05, 4.69) is 17.0 Å². The van der Waals surface area contributed by atoms with Crippen LogP contribution in [0.2, 0.25) is 0 Å². The number of aromatic nitrogens is 2. The highest BCUT2D eigenvalue weighted by Gasteiger charge is 2.20. The number of nitrogens with one attached hydrogen (secondary N) is 1. The molecule has 20 heavy (non-hydrogen) atoms. The Morgan fingerprint density at radius 2 is 2.45 bits per heavy atom. The Bertz CT molecular complexity index is 623. The number of benzene rings is 1. The zero-order valence-corrected chi connectivity index (χ0v) is 11.9. The molecule has 3 nitrogen and oxygen atoms in total. The zero-order valence-electron chi connectivity index (χ0n) is 11.1. The predicted molar refractivity (Wildman–Crippen MR) is 79.9 cm³/mol. The van der Waals surface area contributed by atoms with Gasteiger partial charge in [0.2, 0.25) is 0 Å². The van der Waals surface area contributed by atoms with E-state index in [-0.39, 0.29) is 11.9 Å². The molecular weight excluding hydrogens is 273 g/mol. The highest BCUT2D eigenvalue weighted by Crippen LogP contribution is 2.36. The SMILES string of the molecule is C=Cn1cc(CNC2CCSc3ccc(F)cc32)cn1. The van der Waals surface area contributed by atoms with Crippen molar-refractivity contribution in [2.75, 3.05) is 5.75 Å². The van der Waals surface area contributed by atoms with Crippen LogP contribution in [0, 0.1) is 5.82 Å². The molecule has 0 amide bonds. The minimum Gasteiger partial charge on any atom is -0.306 e. The van der Waals surface area contributed by atoms with Crippen molar-refractivity contribution in [1.82, 2.24) is 15.1 Å². The van der Waals surface area contributed by atoms with E-state index in [1.165, 1.54) is 11.0 Å². The normalized spacial score (nSPS) is 17.8. The van der Waals surface area contributed by atoms with Crippen LogP contribution in [0.1, 0.15) is 23.6 Å². The van der Waals surface area contributed by atoms with E-state index in [9.17, 15) is 4.39 Å². The Labute approximate surface area is 121 Å². The molecule has 0 spiro atoms. The Kier molecular flexibility index (Phi) is 3.89. The summed E-state index contributed by atoms with van der Waals surface area (Å²) in [5.74, 6) is 0.889. The molecule has 1 aromatic heterocycles. The van der Waals surface area contributed by atoms with Crippen molar-refractivity contribution in [2.45, 2.75) is 23.9 Å². The van der Waals surface area contributed by atoms with Gasteiger partial charge < -0.3 is 5.32 Å². The molecule has 5 heteroatoms. The van der Waals surface area contributed by atoms with E-state index < -0.39 is 0 Å². The summed E-state index contributed by atoms with van der Waals surface area (Å²) in [6.45, 7) is 4.39. The molecule has 0 aliphatic carbocycles. The van der Waals surface area contributed by atoms with Gasteiger partial charge >= 0.3 is 0 Å². The van der Waals surface area contributed by atoms with E-state index in [0.29, 0.717) is 0 Å². The lowest BCUT2D eigenvalue weighted by atomic mass is 10.0. The zero-order chi connectivity index (χ0) is 13.9. The van der Waals surface area contributed by atoms with Crippen LogP contribution in [0.25, 0.3) is 6.20 Å². The number of halogens is 1. The molecule has 1 atom stereocenters. The van der Waals surface area contributed by atoms with Crippen LogP contribution >= 0.6 is 11.8 Å². The van der Waals surface area contributed by atoms with Crippen molar-refractivity contribution in [3.05, 3.63) is 54.1 Å². The fourth-order valence-electron chi connectivity index (χ4n) is 2.39. The summed E-state index contributed by atoms with van der Waals surface area (Å²) < 4.78 is 15.1. The summed E-state index contributed by atoms with van der Waals surface area (Å²) in [5, 5.41) is 7.64. The van der Waals surface area contributed by atoms with E-state index >= 15 is 0 Å². The summed E-state index contributed by atoms with van der Waals surface area (Å²) in [6, 6.07) is 5.25. The number of fused-ring (bicyclic) bond motifs is 1. The number of nitrogens with zero attached hydrogens (tertiary/aromatic N) is 2. The first-order chi connectivity index (χ1) is 9.76. The molecule has 1 N–H and O–H groups in total. The molecule has 3 rings (SSSR count). The maximum absolute atomic E-state index is 13.4. The van der Waals surface area contributed by atoms with Crippen molar-refractivity contribution in [1.29, 1.82) is 0 Å². The van der Waals surface area contributed by atoms with E-state index in [1.54, 1.807) is 28.7 Å².